The molecule has 5 rings (SSSR count). The Bertz CT molecular complexity index is 1420. The summed E-state index contributed by atoms with van der Waals surface area (Å²) in [6, 6.07) is 22.5. The van der Waals surface area contributed by atoms with E-state index in [4.69, 9.17) is 4.74 Å². The van der Waals surface area contributed by atoms with E-state index in [-0.39, 0.29) is 35.6 Å². The van der Waals surface area contributed by atoms with Crippen molar-refractivity contribution in [2.45, 2.75) is 6.04 Å². The lowest BCUT2D eigenvalue weighted by Gasteiger charge is -2.24. The van der Waals surface area contributed by atoms with Gasteiger partial charge in [-0.1, -0.05) is 42.5 Å². The molecular weight excluding hydrogens is 484 g/mol. The molecule has 0 saturated carbocycles. The van der Waals surface area contributed by atoms with E-state index in [0.29, 0.717) is 5.95 Å². The maximum Gasteiger partial charge on any atom is 0.269 e. The normalized spacial score (nSPS) is 13.9. The zero-order valence-corrected chi connectivity index (χ0v) is 19.8. The number of nitro benzene ring substituents is 1. The molecule has 36 heavy (non-hydrogen) atoms. The summed E-state index contributed by atoms with van der Waals surface area (Å²) in [6.07, 6.45) is 2.04. The number of nitrogens with zero attached hydrogens (tertiary/aromatic N) is 4. The predicted octanol–water partition coefficient (Wildman–Crippen LogP) is 4.93. The van der Waals surface area contributed by atoms with Crippen LogP contribution < -0.4 is 15.4 Å². The van der Waals surface area contributed by atoms with Gasteiger partial charge < -0.3 is 10.1 Å². The molecule has 1 atom stereocenters. The first-order valence-electron chi connectivity index (χ1n) is 10.7. The van der Waals surface area contributed by atoms with E-state index in [9.17, 15) is 14.9 Å². The molecule has 1 amide bonds. The molecule has 1 unspecified atom stereocenters. The van der Waals surface area contributed by atoms with Crippen molar-refractivity contribution in [2.75, 3.05) is 17.7 Å². The Morgan fingerprint density at radius 1 is 1.06 bits per heavy atom. The molecule has 2 heterocycles. The number of ether oxygens (including phenoxy) is 1. The molecule has 0 radical (unpaired) electrons. The number of nitrogens with one attached hydrogen (secondary N) is 2. The van der Waals surface area contributed by atoms with Crippen molar-refractivity contribution in [3.8, 4) is 5.75 Å². The van der Waals surface area contributed by atoms with Crippen molar-refractivity contribution in [2.24, 2.45) is 0 Å². The van der Waals surface area contributed by atoms with Crippen molar-refractivity contribution >= 4 is 41.6 Å². The highest BCUT2D eigenvalue weighted by Crippen LogP contribution is 2.33. The summed E-state index contributed by atoms with van der Waals surface area (Å²) in [5, 5.41) is 21.3. The first kappa shape index (κ1) is 24.4. The van der Waals surface area contributed by atoms with E-state index in [1.807, 2.05) is 60.7 Å². The van der Waals surface area contributed by atoms with E-state index in [2.05, 4.69) is 20.7 Å². The standard InChI is InChI=1S/C25H20N6O4.ClH/c1-35-20-13-9-17(10-14-20)22-15-21(16-5-3-2-4-6-16)26-25-28-24(29-30(22)25)27-23(32)18-7-11-19(12-8-18)31(33)34;/h2-15,22H,1H3,(H2,26,27,28,29,32);1H. The van der Waals surface area contributed by atoms with Gasteiger partial charge in [-0.2, -0.15) is 4.98 Å². The molecule has 1 aliphatic heterocycles. The number of anilines is 2. The van der Waals surface area contributed by atoms with Crippen LogP contribution in [0.15, 0.2) is 84.9 Å². The molecule has 2 N–H and O–H groups in total. The van der Waals surface area contributed by atoms with Crippen LogP contribution in [-0.2, 0) is 0 Å². The molecule has 1 aromatic heterocycles. The second-order valence-electron chi connectivity index (χ2n) is 7.75. The molecular formula is C25H21ClN6O4. The number of halogens is 1. The number of carbonyl (C=O) groups is 1. The summed E-state index contributed by atoms with van der Waals surface area (Å²) in [7, 11) is 1.61. The lowest BCUT2D eigenvalue weighted by molar-refractivity contribution is -0.384. The zero-order valence-electron chi connectivity index (χ0n) is 19.0. The maximum absolute atomic E-state index is 12.7. The third-order valence-electron chi connectivity index (χ3n) is 5.57. The van der Waals surface area contributed by atoms with Crippen LogP contribution in [0.25, 0.3) is 5.70 Å². The number of non-ortho nitro benzene ring substituents is 1. The zero-order chi connectivity index (χ0) is 24.4. The number of benzene rings is 3. The lowest BCUT2D eigenvalue weighted by atomic mass is 10.0. The molecule has 182 valence electrons. The lowest BCUT2D eigenvalue weighted by Crippen LogP contribution is -2.20. The molecule has 4 aromatic rings. The van der Waals surface area contributed by atoms with Crippen molar-refractivity contribution < 1.29 is 14.5 Å². The fraction of sp³-hybridized carbons (Fsp3) is 0.0800. The third-order valence-corrected chi connectivity index (χ3v) is 5.57. The number of fused-ring (bicyclic) bond motifs is 1. The average Bonchev–Trinajstić information content (AvgIpc) is 3.31. The highest BCUT2D eigenvalue weighted by atomic mass is 35.5. The van der Waals surface area contributed by atoms with Crippen molar-refractivity contribution in [3.63, 3.8) is 0 Å². The van der Waals surface area contributed by atoms with Gasteiger partial charge in [0.2, 0.25) is 5.95 Å². The van der Waals surface area contributed by atoms with Gasteiger partial charge in [-0.15, -0.1) is 17.5 Å². The highest BCUT2D eigenvalue weighted by molar-refractivity contribution is 6.03. The quantitative estimate of drug-likeness (QED) is 0.282. The molecule has 10 nitrogen and oxygen atoms in total. The summed E-state index contributed by atoms with van der Waals surface area (Å²) in [5.74, 6) is 0.841. The van der Waals surface area contributed by atoms with Crippen LogP contribution in [-0.4, -0.2) is 32.7 Å². The molecule has 0 fully saturated rings. The first-order valence-corrected chi connectivity index (χ1v) is 10.7. The SMILES string of the molecule is COc1ccc(C2C=C(c3ccccc3)Nc3nc(NC(=O)c4ccc([N+](=O)[O-])cc4)nn32)cc1.Cl. The number of carbonyl (C=O) groups excluding carboxylic acids is 1. The Morgan fingerprint density at radius 2 is 1.75 bits per heavy atom. The minimum atomic E-state index is -0.519. The van der Waals surface area contributed by atoms with Gasteiger partial charge >= 0.3 is 0 Å². The van der Waals surface area contributed by atoms with E-state index >= 15 is 0 Å². The fourth-order valence-corrected chi connectivity index (χ4v) is 3.78. The van der Waals surface area contributed by atoms with E-state index < -0.39 is 10.8 Å². The van der Waals surface area contributed by atoms with Gasteiger partial charge in [-0.05, 0) is 41.5 Å². The van der Waals surface area contributed by atoms with Crippen molar-refractivity contribution in [1.29, 1.82) is 0 Å². The van der Waals surface area contributed by atoms with Gasteiger partial charge in [0.05, 0.1) is 12.0 Å². The van der Waals surface area contributed by atoms with Crippen molar-refractivity contribution in [1.82, 2.24) is 14.8 Å². The Hall–Kier alpha value is -4.70. The number of nitro groups is 1. The highest BCUT2D eigenvalue weighted by Gasteiger charge is 2.26. The number of methoxy groups -OCH3 is 1. The Labute approximate surface area is 212 Å². The number of allylic oxidation sites excluding steroid dienone is 1. The van der Waals surface area contributed by atoms with Crippen LogP contribution in [0, 0.1) is 10.1 Å². The monoisotopic (exact) mass is 504 g/mol. The number of rotatable bonds is 6. The molecule has 11 heteroatoms. The topological polar surface area (TPSA) is 124 Å². The van der Waals surface area contributed by atoms with Gasteiger partial charge in [0.25, 0.3) is 17.5 Å². The van der Waals surface area contributed by atoms with Gasteiger partial charge in [-0.3, -0.25) is 20.2 Å². The predicted molar refractivity (Wildman–Crippen MR) is 137 cm³/mol. The Balaban J connectivity index is 0.00000304. The van der Waals surface area contributed by atoms with Crippen LogP contribution >= 0.6 is 12.4 Å². The van der Waals surface area contributed by atoms with Crippen LogP contribution in [0.3, 0.4) is 0 Å². The molecule has 0 saturated heterocycles. The first-order chi connectivity index (χ1) is 17.0. The molecule has 0 spiro atoms. The third kappa shape index (κ3) is 4.89. The summed E-state index contributed by atoms with van der Waals surface area (Å²) >= 11 is 0. The number of aromatic nitrogens is 3. The van der Waals surface area contributed by atoms with Crippen LogP contribution in [0.4, 0.5) is 17.6 Å². The number of amides is 1. The average molecular weight is 505 g/mol. The minimum Gasteiger partial charge on any atom is -0.497 e. The maximum atomic E-state index is 12.7. The molecule has 0 bridgehead atoms. The van der Waals surface area contributed by atoms with E-state index in [1.165, 1.54) is 24.3 Å². The van der Waals surface area contributed by atoms with E-state index in [1.54, 1.807) is 11.8 Å². The summed E-state index contributed by atoms with van der Waals surface area (Å²) in [6.45, 7) is 0. The van der Waals surface area contributed by atoms with Gasteiger partial charge in [0.1, 0.15) is 11.8 Å². The van der Waals surface area contributed by atoms with Gasteiger partial charge in [0.15, 0.2) is 0 Å². The van der Waals surface area contributed by atoms with Crippen molar-refractivity contribution in [3.05, 3.63) is 112 Å². The summed E-state index contributed by atoms with van der Waals surface area (Å²) in [4.78, 5) is 27.5. The largest absolute Gasteiger partial charge is 0.497 e. The Morgan fingerprint density at radius 3 is 2.39 bits per heavy atom. The molecule has 0 aliphatic carbocycles. The minimum absolute atomic E-state index is 0. The second kappa shape index (κ2) is 10.3. The summed E-state index contributed by atoms with van der Waals surface area (Å²) in [5.41, 5.74) is 2.96. The second-order valence-corrected chi connectivity index (χ2v) is 7.75. The van der Waals surface area contributed by atoms with Gasteiger partial charge in [-0.25, -0.2) is 4.68 Å². The number of hydrogen-bond donors (Lipinski definition) is 2. The number of hydrogen-bond acceptors (Lipinski definition) is 7. The van der Waals surface area contributed by atoms with E-state index in [0.717, 1.165) is 22.6 Å². The molecule has 1 aliphatic rings. The van der Waals surface area contributed by atoms with Gasteiger partial charge in [0, 0.05) is 23.4 Å². The smallest absolute Gasteiger partial charge is 0.269 e. The summed E-state index contributed by atoms with van der Waals surface area (Å²) < 4.78 is 6.97. The fourth-order valence-electron chi connectivity index (χ4n) is 3.78. The van der Waals surface area contributed by atoms with Crippen LogP contribution in [0.5, 0.6) is 5.75 Å². The molecule has 3 aromatic carbocycles. The van der Waals surface area contributed by atoms with Crippen LogP contribution in [0.2, 0.25) is 0 Å². The Kier molecular flexibility index (Phi) is 6.98. The van der Waals surface area contributed by atoms with Crippen LogP contribution in [0.1, 0.15) is 27.5 Å².